The summed E-state index contributed by atoms with van der Waals surface area (Å²) in [5.74, 6) is 0.473. The van der Waals surface area contributed by atoms with Gasteiger partial charge in [-0.1, -0.05) is 6.07 Å². The molecule has 17 heavy (non-hydrogen) atoms. The Morgan fingerprint density at radius 2 is 2.12 bits per heavy atom. The lowest BCUT2D eigenvalue weighted by molar-refractivity contribution is 0.0642. The van der Waals surface area contributed by atoms with Gasteiger partial charge in [-0.3, -0.25) is 0 Å². The summed E-state index contributed by atoms with van der Waals surface area (Å²) < 4.78 is 15.5. The topological polar surface area (TPSA) is 64.4 Å². The summed E-state index contributed by atoms with van der Waals surface area (Å²) in [4.78, 5) is 3.99. The van der Waals surface area contributed by atoms with Gasteiger partial charge in [0.05, 0.1) is 19.8 Å². The van der Waals surface area contributed by atoms with Gasteiger partial charge in [-0.05, 0) is 6.07 Å². The number of pyridine rings is 1. The first-order valence-electron chi connectivity index (χ1n) is 5.43. The molecule has 0 saturated carbocycles. The zero-order chi connectivity index (χ0) is 12.3. The van der Waals surface area contributed by atoms with Crippen molar-refractivity contribution in [2.24, 2.45) is 0 Å². The van der Waals surface area contributed by atoms with Crippen molar-refractivity contribution < 1.29 is 14.2 Å². The summed E-state index contributed by atoms with van der Waals surface area (Å²) in [5, 5.41) is 8.65. The average Bonchev–Trinajstić information content (AvgIpc) is 2.38. The van der Waals surface area contributed by atoms with Crippen molar-refractivity contribution in [3.8, 4) is 11.9 Å². The molecule has 5 nitrogen and oxygen atoms in total. The maximum atomic E-state index is 8.65. The van der Waals surface area contributed by atoms with E-state index in [4.69, 9.17) is 19.5 Å². The highest BCUT2D eigenvalue weighted by molar-refractivity contribution is 5.24. The van der Waals surface area contributed by atoms with E-state index in [1.807, 2.05) is 6.07 Å². The Hall–Kier alpha value is -1.64. The number of ether oxygens (including phenoxy) is 3. The van der Waals surface area contributed by atoms with Crippen LogP contribution in [0.25, 0.3) is 0 Å². The standard InChI is InChI=1S/C12H16N2O3/c1-15-8-9-16-6-3-7-17-12-5-2-4-11(10-13)14-12/h2,4-5H,3,6-9H2,1H3. The van der Waals surface area contributed by atoms with Crippen LogP contribution < -0.4 is 4.74 Å². The highest BCUT2D eigenvalue weighted by Crippen LogP contribution is 2.06. The van der Waals surface area contributed by atoms with Crippen LogP contribution in [0.3, 0.4) is 0 Å². The molecule has 0 radical (unpaired) electrons. The molecule has 0 unspecified atom stereocenters. The zero-order valence-electron chi connectivity index (χ0n) is 9.89. The molecule has 0 bridgehead atoms. The van der Waals surface area contributed by atoms with E-state index in [2.05, 4.69) is 4.98 Å². The number of nitrogens with zero attached hydrogens (tertiary/aromatic N) is 2. The van der Waals surface area contributed by atoms with Gasteiger partial charge in [0.15, 0.2) is 0 Å². The molecule has 0 aliphatic rings. The van der Waals surface area contributed by atoms with E-state index in [-0.39, 0.29) is 0 Å². The van der Waals surface area contributed by atoms with E-state index >= 15 is 0 Å². The van der Waals surface area contributed by atoms with Gasteiger partial charge < -0.3 is 14.2 Å². The van der Waals surface area contributed by atoms with E-state index < -0.39 is 0 Å². The summed E-state index contributed by atoms with van der Waals surface area (Å²) in [6, 6.07) is 7.08. The highest BCUT2D eigenvalue weighted by Gasteiger charge is 1.97. The van der Waals surface area contributed by atoms with Gasteiger partial charge in [-0.25, -0.2) is 4.98 Å². The lowest BCUT2D eigenvalue weighted by Crippen LogP contribution is -2.07. The molecule has 0 aliphatic carbocycles. The average molecular weight is 236 g/mol. The van der Waals surface area contributed by atoms with Gasteiger partial charge in [0, 0.05) is 26.2 Å². The first-order valence-corrected chi connectivity index (χ1v) is 5.43. The fourth-order valence-corrected chi connectivity index (χ4v) is 1.14. The summed E-state index contributed by atoms with van der Waals surface area (Å²) in [6.07, 6.45) is 0.780. The summed E-state index contributed by atoms with van der Waals surface area (Å²) >= 11 is 0. The molecular formula is C12H16N2O3. The van der Waals surface area contributed by atoms with Crippen LogP contribution in [0.2, 0.25) is 0 Å². The predicted molar refractivity (Wildman–Crippen MR) is 61.8 cm³/mol. The van der Waals surface area contributed by atoms with E-state index in [0.29, 0.717) is 38.0 Å². The fraction of sp³-hybridized carbons (Fsp3) is 0.500. The van der Waals surface area contributed by atoms with Crippen molar-refractivity contribution in [3.63, 3.8) is 0 Å². The minimum Gasteiger partial charge on any atom is -0.478 e. The molecule has 0 fully saturated rings. The van der Waals surface area contributed by atoms with Crippen molar-refractivity contribution in [1.29, 1.82) is 5.26 Å². The van der Waals surface area contributed by atoms with Crippen LogP contribution in [0.1, 0.15) is 12.1 Å². The Bertz CT molecular complexity index is 363. The highest BCUT2D eigenvalue weighted by atomic mass is 16.5. The smallest absolute Gasteiger partial charge is 0.214 e. The van der Waals surface area contributed by atoms with Gasteiger partial charge in [0.25, 0.3) is 0 Å². The maximum absolute atomic E-state index is 8.65. The third kappa shape index (κ3) is 5.85. The van der Waals surface area contributed by atoms with Crippen LogP contribution in [-0.2, 0) is 9.47 Å². The van der Waals surface area contributed by atoms with Crippen molar-refractivity contribution >= 4 is 0 Å². The number of methoxy groups -OCH3 is 1. The second-order valence-corrected chi connectivity index (χ2v) is 3.28. The lowest BCUT2D eigenvalue weighted by atomic mass is 10.4. The minimum absolute atomic E-state index is 0.360. The number of rotatable bonds is 8. The molecule has 1 rings (SSSR count). The molecule has 0 N–H and O–H groups in total. The molecule has 5 heteroatoms. The molecule has 1 heterocycles. The number of hydrogen-bond acceptors (Lipinski definition) is 5. The molecule has 0 amide bonds. The van der Waals surface area contributed by atoms with Crippen LogP contribution in [-0.4, -0.2) is 38.5 Å². The van der Waals surface area contributed by atoms with Gasteiger partial charge in [-0.2, -0.15) is 5.26 Å². The third-order valence-corrected chi connectivity index (χ3v) is 1.95. The van der Waals surface area contributed by atoms with E-state index in [9.17, 15) is 0 Å². The quantitative estimate of drug-likeness (QED) is 0.638. The molecule has 0 spiro atoms. The maximum Gasteiger partial charge on any atom is 0.214 e. The zero-order valence-corrected chi connectivity index (χ0v) is 9.89. The molecule has 1 aromatic rings. The minimum atomic E-state index is 0.360. The van der Waals surface area contributed by atoms with Crippen LogP contribution in [0.5, 0.6) is 5.88 Å². The molecule has 92 valence electrons. The first-order chi connectivity index (χ1) is 8.36. The van der Waals surface area contributed by atoms with Gasteiger partial charge in [-0.15, -0.1) is 0 Å². The lowest BCUT2D eigenvalue weighted by Gasteiger charge is -2.05. The number of nitriles is 1. The van der Waals surface area contributed by atoms with Crippen LogP contribution >= 0.6 is 0 Å². The normalized spacial score (nSPS) is 9.88. The van der Waals surface area contributed by atoms with Crippen LogP contribution in [0, 0.1) is 11.3 Å². The largest absolute Gasteiger partial charge is 0.478 e. The second-order valence-electron chi connectivity index (χ2n) is 3.28. The predicted octanol–water partition coefficient (Wildman–Crippen LogP) is 1.39. The Morgan fingerprint density at radius 1 is 1.24 bits per heavy atom. The van der Waals surface area contributed by atoms with Crippen molar-refractivity contribution in [3.05, 3.63) is 23.9 Å². The summed E-state index contributed by atoms with van der Waals surface area (Å²) in [6.45, 7) is 2.35. The van der Waals surface area contributed by atoms with E-state index in [1.165, 1.54) is 0 Å². The van der Waals surface area contributed by atoms with Gasteiger partial charge >= 0.3 is 0 Å². The van der Waals surface area contributed by atoms with Crippen molar-refractivity contribution in [1.82, 2.24) is 4.98 Å². The van der Waals surface area contributed by atoms with Crippen LogP contribution in [0.15, 0.2) is 18.2 Å². The monoisotopic (exact) mass is 236 g/mol. The number of aromatic nitrogens is 1. The Balaban J connectivity index is 2.12. The van der Waals surface area contributed by atoms with Gasteiger partial charge in [0.2, 0.25) is 5.88 Å². The molecule has 0 atom stereocenters. The van der Waals surface area contributed by atoms with Gasteiger partial charge in [0.1, 0.15) is 11.8 Å². The van der Waals surface area contributed by atoms with Crippen LogP contribution in [0.4, 0.5) is 0 Å². The summed E-state index contributed by atoms with van der Waals surface area (Å²) in [5.41, 5.74) is 0.360. The Labute approximate surface area is 101 Å². The SMILES string of the molecule is COCCOCCCOc1cccc(C#N)n1. The van der Waals surface area contributed by atoms with E-state index in [0.717, 1.165) is 6.42 Å². The molecule has 0 aliphatic heterocycles. The molecular weight excluding hydrogens is 220 g/mol. The molecule has 1 aromatic heterocycles. The summed E-state index contributed by atoms with van der Waals surface area (Å²) in [7, 11) is 1.64. The Morgan fingerprint density at radius 3 is 2.88 bits per heavy atom. The third-order valence-electron chi connectivity index (χ3n) is 1.95. The first kappa shape index (κ1) is 13.4. The fourth-order valence-electron chi connectivity index (χ4n) is 1.14. The molecule has 0 saturated heterocycles. The van der Waals surface area contributed by atoms with Crippen molar-refractivity contribution in [2.75, 3.05) is 33.5 Å². The molecule has 0 aromatic carbocycles. The second kappa shape index (κ2) is 8.50. The Kier molecular flexibility index (Phi) is 6.72. The van der Waals surface area contributed by atoms with Crippen molar-refractivity contribution in [2.45, 2.75) is 6.42 Å². The van der Waals surface area contributed by atoms with E-state index in [1.54, 1.807) is 25.3 Å². The number of hydrogen-bond donors (Lipinski definition) is 0.